The summed E-state index contributed by atoms with van der Waals surface area (Å²) in [4.78, 5) is 24.9. The summed E-state index contributed by atoms with van der Waals surface area (Å²) in [5.74, 6) is -4.00. The second kappa shape index (κ2) is 11.3. The van der Waals surface area contributed by atoms with Gasteiger partial charge in [-0.2, -0.15) is 0 Å². The molecule has 2 fully saturated rings. The summed E-state index contributed by atoms with van der Waals surface area (Å²) in [7, 11) is -2.49. The van der Waals surface area contributed by atoms with E-state index in [-0.39, 0.29) is 58.2 Å². The third-order valence-corrected chi connectivity index (χ3v) is 10.2. The Morgan fingerprint density at radius 1 is 1.11 bits per heavy atom. The number of anilines is 1. The molecule has 0 aromatic heterocycles. The minimum Gasteiger partial charge on any atom is -0.389 e. The predicted octanol–water partition coefficient (Wildman–Crippen LogP) is 3.72. The van der Waals surface area contributed by atoms with Gasteiger partial charge in [0.1, 0.15) is 0 Å². The summed E-state index contributed by atoms with van der Waals surface area (Å²) in [6, 6.07) is 6.66. The molecule has 2 amide bonds. The molecule has 0 aliphatic heterocycles. The Hall–Kier alpha value is -2.60. The number of aliphatic hydroxyl groups is 1. The van der Waals surface area contributed by atoms with Crippen molar-refractivity contribution >= 4 is 38.9 Å². The van der Waals surface area contributed by atoms with Crippen molar-refractivity contribution in [3.05, 3.63) is 58.6 Å². The molecule has 2 bridgehead atoms. The molecule has 0 saturated heterocycles. The Morgan fingerprint density at radius 3 is 2.42 bits per heavy atom. The fourth-order valence-corrected chi connectivity index (χ4v) is 7.99. The van der Waals surface area contributed by atoms with Gasteiger partial charge in [0.25, 0.3) is 5.91 Å². The van der Waals surface area contributed by atoms with Gasteiger partial charge >= 0.3 is 0 Å². The summed E-state index contributed by atoms with van der Waals surface area (Å²) < 4.78 is 58.9. The zero-order chi connectivity index (χ0) is 27.7. The van der Waals surface area contributed by atoms with Crippen LogP contribution in [0.5, 0.6) is 0 Å². The van der Waals surface area contributed by atoms with E-state index >= 15 is 0 Å². The van der Waals surface area contributed by atoms with Gasteiger partial charge in [0, 0.05) is 31.0 Å². The Balaban J connectivity index is 1.51. The highest BCUT2D eigenvalue weighted by molar-refractivity contribution is 7.92. The minimum absolute atomic E-state index is 0.00246. The molecule has 206 valence electrons. The second-order valence-electron chi connectivity index (χ2n) is 9.85. The van der Waals surface area contributed by atoms with E-state index in [4.69, 9.17) is 16.3 Å². The molecule has 2 atom stereocenters. The van der Waals surface area contributed by atoms with Crippen molar-refractivity contribution in [1.29, 1.82) is 0 Å². The standard InChI is InChI=1S/C26H29ClF2N2O6S/c1-37-9-8-30-24(32)14-26(34)16-3-4-17(26)12-19(11-16)38(35,36)23-10-15(2-6-20(23)27)25(33)31-18-5-7-21(28)22(29)13-18/h2,5-7,10,13,16-17,19,34H,3-4,8-9,11-12,14H2,1H3,(H,30,32)(H,31,33). The zero-order valence-electron chi connectivity index (χ0n) is 20.7. The van der Waals surface area contributed by atoms with Gasteiger partial charge < -0.3 is 20.5 Å². The van der Waals surface area contributed by atoms with Crippen molar-refractivity contribution in [1.82, 2.24) is 5.32 Å². The molecule has 0 heterocycles. The molecule has 2 aromatic carbocycles. The van der Waals surface area contributed by atoms with Crippen molar-refractivity contribution in [3.63, 3.8) is 0 Å². The van der Waals surface area contributed by atoms with Crippen molar-refractivity contribution in [3.8, 4) is 0 Å². The maximum absolute atomic E-state index is 13.7. The molecule has 2 aliphatic rings. The van der Waals surface area contributed by atoms with Gasteiger partial charge in [-0.05, 0) is 67.9 Å². The van der Waals surface area contributed by atoms with Gasteiger partial charge in [-0.1, -0.05) is 11.6 Å². The van der Waals surface area contributed by atoms with Crippen molar-refractivity contribution in [2.45, 2.75) is 47.9 Å². The lowest BCUT2D eigenvalue weighted by Crippen LogP contribution is -2.50. The molecule has 38 heavy (non-hydrogen) atoms. The molecule has 2 unspecified atom stereocenters. The molecule has 0 spiro atoms. The fraction of sp³-hybridized carbons (Fsp3) is 0.462. The zero-order valence-corrected chi connectivity index (χ0v) is 22.2. The van der Waals surface area contributed by atoms with Crippen molar-refractivity contribution in [2.24, 2.45) is 11.8 Å². The Labute approximate surface area is 224 Å². The quantitative estimate of drug-likeness (QED) is 0.395. The van der Waals surface area contributed by atoms with E-state index in [9.17, 15) is 31.9 Å². The topological polar surface area (TPSA) is 122 Å². The molecule has 4 rings (SSSR count). The minimum atomic E-state index is -4.01. The van der Waals surface area contributed by atoms with E-state index in [1.165, 1.54) is 31.4 Å². The number of hydrogen-bond donors (Lipinski definition) is 3. The lowest BCUT2D eigenvalue weighted by molar-refractivity contribution is -0.132. The van der Waals surface area contributed by atoms with Crippen molar-refractivity contribution < 1.29 is 36.6 Å². The molecule has 0 radical (unpaired) electrons. The van der Waals surface area contributed by atoms with E-state index < -0.39 is 38.2 Å². The highest BCUT2D eigenvalue weighted by atomic mass is 35.5. The largest absolute Gasteiger partial charge is 0.389 e. The molecule has 12 heteroatoms. The van der Waals surface area contributed by atoms with Crippen LogP contribution in [-0.4, -0.2) is 56.5 Å². The number of nitrogens with one attached hydrogen (secondary N) is 2. The van der Waals surface area contributed by atoms with Gasteiger partial charge in [-0.15, -0.1) is 0 Å². The van der Waals surface area contributed by atoms with Crippen molar-refractivity contribution in [2.75, 3.05) is 25.6 Å². The van der Waals surface area contributed by atoms with Crippen LogP contribution >= 0.6 is 11.6 Å². The molecule has 3 N–H and O–H groups in total. The summed E-state index contributed by atoms with van der Waals surface area (Å²) in [5, 5.41) is 15.6. The highest BCUT2D eigenvalue weighted by Gasteiger charge is 2.56. The first-order valence-electron chi connectivity index (χ1n) is 12.2. The van der Waals surface area contributed by atoms with Gasteiger partial charge in [-0.3, -0.25) is 9.59 Å². The third-order valence-electron chi connectivity index (χ3n) is 7.56. The highest BCUT2D eigenvalue weighted by Crippen LogP contribution is 2.53. The SMILES string of the molecule is COCCNC(=O)CC1(O)C2CCC1CC(S(=O)(=O)c1cc(C(=O)Nc3ccc(F)c(F)c3)ccc1Cl)C2. The van der Waals surface area contributed by atoms with Crippen LogP contribution in [0.15, 0.2) is 41.3 Å². The van der Waals surface area contributed by atoms with Gasteiger partial charge in [0.05, 0.1) is 33.8 Å². The van der Waals surface area contributed by atoms with Crippen LogP contribution in [0.2, 0.25) is 5.02 Å². The van der Waals surface area contributed by atoms with Crippen LogP contribution < -0.4 is 10.6 Å². The smallest absolute Gasteiger partial charge is 0.255 e. The summed E-state index contributed by atoms with van der Waals surface area (Å²) in [5.41, 5.74) is -1.32. The molecule has 8 nitrogen and oxygen atoms in total. The molecule has 2 saturated carbocycles. The van der Waals surface area contributed by atoms with Crippen LogP contribution in [0.1, 0.15) is 42.5 Å². The average molecular weight is 571 g/mol. The van der Waals surface area contributed by atoms with E-state index in [2.05, 4.69) is 10.6 Å². The summed E-state index contributed by atoms with van der Waals surface area (Å²) in [6.07, 6.45) is 1.40. The number of amides is 2. The number of hydrogen-bond acceptors (Lipinski definition) is 6. The number of carbonyl (C=O) groups is 2. The number of fused-ring (bicyclic) bond motifs is 2. The maximum atomic E-state index is 13.7. The number of halogens is 3. The Kier molecular flexibility index (Phi) is 8.41. The van der Waals surface area contributed by atoms with Gasteiger partial charge in [0.2, 0.25) is 5.91 Å². The Bertz CT molecular complexity index is 1330. The lowest BCUT2D eigenvalue weighted by Gasteiger charge is -2.42. The van der Waals surface area contributed by atoms with Crippen LogP contribution in [0.4, 0.5) is 14.5 Å². The molecular formula is C26H29ClF2N2O6S. The van der Waals surface area contributed by atoms with Gasteiger partial charge in [0.15, 0.2) is 21.5 Å². The van der Waals surface area contributed by atoms with Crippen LogP contribution in [0, 0.1) is 23.5 Å². The van der Waals surface area contributed by atoms with E-state index in [0.29, 0.717) is 26.0 Å². The number of benzene rings is 2. The maximum Gasteiger partial charge on any atom is 0.255 e. The van der Waals surface area contributed by atoms with Gasteiger partial charge in [-0.25, -0.2) is 17.2 Å². The second-order valence-corrected chi connectivity index (χ2v) is 12.5. The molecule has 2 aliphatic carbocycles. The number of sulfone groups is 1. The van der Waals surface area contributed by atoms with E-state index in [1.54, 1.807) is 0 Å². The predicted molar refractivity (Wildman–Crippen MR) is 137 cm³/mol. The fourth-order valence-electron chi connectivity index (χ4n) is 5.58. The number of rotatable bonds is 9. The monoisotopic (exact) mass is 570 g/mol. The number of methoxy groups -OCH3 is 1. The van der Waals surface area contributed by atoms with Crippen LogP contribution in [-0.2, 0) is 19.4 Å². The Morgan fingerprint density at radius 2 is 1.79 bits per heavy atom. The first kappa shape index (κ1) is 28.4. The molecule has 2 aromatic rings. The summed E-state index contributed by atoms with van der Waals surface area (Å²) >= 11 is 6.26. The number of carbonyl (C=O) groups excluding carboxylic acids is 2. The summed E-state index contributed by atoms with van der Waals surface area (Å²) in [6.45, 7) is 0.659. The normalized spacial score (nSPS) is 24.7. The van der Waals surface area contributed by atoms with E-state index in [1.807, 2.05) is 0 Å². The van der Waals surface area contributed by atoms with E-state index in [0.717, 1.165) is 12.1 Å². The third kappa shape index (κ3) is 5.70. The average Bonchev–Trinajstić information content (AvgIpc) is 3.02. The molecular weight excluding hydrogens is 542 g/mol. The first-order chi connectivity index (χ1) is 18.0. The lowest BCUT2D eigenvalue weighted by atomic mass is 9.72. The van der Waals surface area contributed by atoms with Crippen LogP contribution in [0.3, 0.4) is 0 Å². The first-order valence-corrected chi connectivity index (χ1v) is 14.2. The van der Waals surface area contributed by atoms with Crippen LogP contribution in [0.25, 0.3) is 0 Å². The number of ether oxygens (including phenoxy) is 1.